The maximum atomic E-state index is 12.4. The van der Waals surface area contributed by atoms with Crippen LogP contribution in [-0.2, 0) is 17.6 Å². The molecule has 2 rings (SSSR count). The molecule has 0 aliphatic heterocycles. The topological polar surface area (TPSA) is 96.9 Å². The Bertz CT molecular complexity index is 838. The first-order valence-electron chi connectivity index (χ1n) is 8.99. The fourth-order valence-electron chi connectivity index (χ4n) is 2.54. The summed E-state index contributed by atoms with van der Waals surface area (Å²) >= 11 is 12.8. The highest BCUT2D eigenvalue weighted by Crippen LogP contribution is 2.35. The highest BCUT2D eigenvalue weighted by Gasteiger charge is 2.16. The zero-order chi connectivity index (χ0) is 21.2. The summed E-state index contributed by atoms with van der Waals surface area (Å²) in [6, 6.07) is 11.1. The largest absolute Gasteiger partial charge is 0.491 e. The van der Waals surface area contributed by atoms with Crippen molar-refractivity contribution in [2.24, 2.45) is 10.9 Å². The molecule has 0 unspecified atom stereocenters. The minimum atomic E-state index is -0.419. The van der Waals surface area contributed by atoms with E-state index in [0.717, 1.165) is 26.5 Å². The van der Waals surface area contributed by atoms with Crippen LogP contribution in [0.5, 0.6) is 5.75 Å². The third-order valence-corrected chi connectivity index (χ3v) is 5.45. The van der Waals surface area contributed by atoms with Gasteiger partial charge in [0.1, 0.15) is 11.5 Å². The summed E-state index contributed by atoms with van der Waals surface area (Å²) in [5.74, 6) is 0.245. The summed E-state index contributed by atoms with van der Waals surface area (Å²) < 4.78 is 7.17. The number of nitrogens with one attached hydrogen (secondary N) is 1. The molecule has 29 heavy (non-hydrogen) atoms. The Morgan fingerprint density at radius 3 is 2.41 bits per heavy atom. The normalized spacial score (nSPS) is 11.4. The number of nitrogens with zero attached hydrogens (tertiary/aromatic N) is 1. The summed E-state index contributed by atoms with van der Waals surface area (Å²) in [5, 5.41) is 15.9. The van der Waals surface area contributed by atoms with Gasteiger partial charge in [0.05, 0.1) is 15.6 Å². The van der Waals surface area contributed by atoms with Gasteiger partial charge in [0.15, 0.2) is 0 Å². The number of ether oxygens (including phenoxy) is 1. The summed E-state index contributed by atoms with van der Waals surface area (Å²) in [5.41, 5.74) is 7.35. The van der Waals surface area contributed by atoms with Crippen LogP contribution in [0.25, 0.3) is 0 Å². The van der Waals surface area contributed by atoms with Crippen molar-refractivity contribution in [3.63, 3.8) is 0 Å². The lowest BCUT2D eigenvalue weighted by Gasteiger charge is -2.12. The highest BCUT2D eigenvalue weighted by atomic mass is 79.9. The van der Waals surface area contributed by atoms with E-state index in [9.17, 15) is 10.0 Å². The molecular weight excluding hydrogens is 525 g/mol. The predicted octanol–water partition coefficient (Wildman–Crippen LogP) is 4.32. The van der Waals surface area contributed by atoms with E-state index in [1.54, 1.807) is 12.1 Å². The van der Waals surface area contributed by atoms with Crippen molar-refractivity contribution in [3.8, 4) is 5.75 Å². The number of hydrogen-bond donors (Lipinski definition) is 3. The lowest BCUT2D eigenvalue weighted by molar-refractivity contribution is -0.115. The molecule has 1 amide bonds. The van der Waals surface area contributed by atoms with E-state index >= 15 is 0 Å². The molecule has 9 heteroatoms. The molecular formula is C20H22Br2ClN3O3. The average molecular weight is 548 g/mol. The van der Waals surface area contributed by atoms with Gasteiger partial charge in [-0.05, 0) is 86.6 Å². The highest BCUT2D eigenvalue weighted by molar-refractivity contribution is 9.11. The van der Waals surface area contributed by atoms with Crippen LogP contribution in [-0.4, -0.2) is 36.5 Å². The fraction of sp³-hybridized carbons (Fsp3) is 0.300. The molecule has 0 aromatic heterocycles. The number of nitrogens with two attached hydrogens (primary N) is 1. The molecule has 0 saturated carbocycles. The van der Waals surface area contributed by atoms with E-state index < -0.39 is 5.91 Å². The van der Waals surface area contributed by atoms with E-state index in [4.69, 9.17) is 22.1 Å². The summed E-state index contributed by atoms with van der Waals surface area (Å²) in [6.07, 6.45) is 1.56. The van der Waals surface area contributed by atoms with E-state index in [2.05, 4.69) is 42.3 Å². The molecule has 2 aromatic carbocycles. The van der Waals surface area contributed by atoms with E-state index in [-0.39, 0.29) is 12.1 Å². The molecule has 0 saturated heterocycles. The van der Waals surface area contributed by atoms with Gasteiger partial charge in [-0.2, -0.15) is 0 Å². The van der Waals surface area contributed by atoms with Gasteiger partial charge in [-0.1, -0.05) is 28.9 Å². The van der Waals surface area contributed by atoms with Crippen LogP contribution in [0.15, 0.2) is 50.5 Å². The molecule has 2 aromatic rings. The summed E-state index contributed by atoms with van der Waals surface area (Å²) in [4.78, 5) is 12.4. The van der Waals surface area contributed by atoms with Crippen LogP contribution in [0.4, 0.5) is 0 Å². The number of rotatable bonds is 10. The number of carbonyl (C=O) groups excluding carboxylic acids is 1. The molecule has 0 heterocycles. The summed E-state index contributed by atoms with van der Waals surface area (Å²) in [6.45, 7) is 1.48. The minimum Gasteiger partial charge on any atom is -0.491 e. The van der Waals surface area contributed by atoms with Gasteiger partial charge < -0.3 is 21.0 Å². The molecule has 0 aliphatic carbocycles. The van der Waals surface area contributed by atoms with E-state index in [0.29, 0.717) is 36.9 Å². The van der Waals surface area contributed by atoms with E-state index in [1.165, 1.54) is 0 Å². The second-order valence-electron chi connectivity index (χ2n) is 6.24. The molecule has 0 bridgehead atoms. The number of hydrogen-bond acceptors (Lipinski definition) is 5. The third kappa shape index (κ3) is 7.62. The zero-order valence-corrected chi connectivity index (χ0v) is 19.6. The standard InChI is InChI=1S/C20H22Br2ClN3O3/c21-16-10-14(11-17(22)19(16)29-9-1-7-24)12-18(26-28)20(27)25-8-6-13-2-4-15(23)5-3-13/h2-5,10-11,28H,1,6-9,12,24H2,(H,25,27)/b26-18-. The molecule has 0 radical (unpaired) electrons. The van der Waals surface area contributed by atoms with Gasteiger partial charge in [-0.25, -0.2) is 0 Å². The Morgan fingerprint density at radius 1 is 1.17 bits per heavy atom. The Hall–Kier alpha value is -1.61. The van der Waals surface area contributed by atoms with Gasteiger partial charge in [0.25, 0.3) is 5.91 Å². The number of benzene rings is 2. The van der Waals surface area contributed by atoms with Gasteiger partial charge in [-0.15, -0.1) is 0 Å². The third-order valence-electron chi connectivity index (χ3n) is 4.02. The van der Waals surface area contributed by atoms with Crippen molar-refractivity contribution in [2.75, 3.05) is 19.7 Å². The quantitative estimate of drug-likeness (QED) is 0.179. The monoisotopic (exact) mass is 545 g/mol. The van der Waals surface area contributed by atoms with Crippen LogP contribution in [0, 0.1) is 0 Å². The van der Waals surface area contributed by atoms with Gasteiger partial charge >= 0.3 is 0 Å². The number of halogens is 3. The first kappa shape index (κ1) is 23.7. The lowest BCUT2D eigenvalue weighted by Crippen LogP contribution is -2.33. The second-order valence-corrected chi connectivity index (χ2v) is 8.38. The fourth-order valence-corrected chi connectivity index (χ4v) is 4.17. The van der Waals surface area contributed by atoms with Crippen molar-refractivity contribution < 1.29 is 14.7 Å². The number of oxime groups is 1. The molecule has 6 nitrogen and oxygen atoms in total. The molecule has 0 fully saturated rings. The SMILES string of the molecule is NCCCOc1c(Br)cc(C/C(=N/O)C(=O)NCCc2ccc(Cl)cc2)cc1Br. The molecule has 4 N–H and O–H groups in total. The molecule has 0 aliphatic rings. The van der Waals surface area contributed by atoms with Crippen molar-refractivity contribution in [3.05, 3.63) is 61.5 Å². The maximum Gasteiger partial charge on any atom is 0.269 e. The molecule has 156 valence electrons. The second kappa shape index (κ2) is 12.2. The van der Waals surface area contributed by atoms with E-state index in [1.807, 2.05) is 24.3 Å². The van der Waals surface area contributed by atoms with Crippen LogP contribution in [0.1, 0.15) is 17.5 Å². The van der Waals surface area contributed by atoms with Crippen LogP contribution in [0.2, 0.25) is 5.02 Å². The average Bonchev–Trinajstić information content (AvgIpc) is 2.69. The predicted molar refractivity (Wildman–Crippen MR) is 122 cm³/mol. The Morgan fingerprint density at radius 2 is 1.83 bits per heavy atom. The van der Waals surface area contributed by atoms with Gasteiger partial charge in [0.2, 0.25) is 0 Å². The first-order valence-corrected chi connectivity index (χ1v) is 10.9. The van der Waals surface area contributed by atoms with Gasteiger partial charge in [-0.3, -0.25) is 4.79 Å². The maximum absolute atomic E-state index is 12.4. The molecule has 0 atom stereocenters. The van der Waals surface area contributed by atoms with Crippen molar-refractivity contribution in [2.45, 2.75) is 19.3 Å². The number of carbonyl (C=O) groups is 1. The van der Waals surface area contributed by atoms with Crippen molar-refractivity contribution >= 4 is 55.1 Å². The Kier molecular flexibility index (Phi) is 9.93. The van der Waals surface area contributed by atoms with Crippen LogP contribution >= 0.6 is 43.5 Å². The lowest BCUT2D eigenvalue weighted by atomic mass is 10.1. The Balaban J connectivity index is 1.94. The van der Waals surface area contributed by atoms with Crippen molar-refractivity contribution in [1.29, 1.82) is 0 Å². The molecule has 0 spiro atoms. The zero-order valence-electron chi connectivity index (χ0n) is 15.6. The minimum absolute atomic E-state index is 0.0247. The Labute approximate surface area is 191 Å². The van der Waals surface area contributed by atoms with Crippen LogP contribution < -0.4 is 15.8 Å². The summed E-state index contributed by atoms with van der Waals surface area (Å²) in [7, 11) is 0. The number of amides is 1. The van der Waals surface area contributed by atoms with Crippen LogP contribution in [0.3, 0.4) is 0 Å². The first-order chi connectivity index (χ1) is 13.9. The van der Waals surface area contributed by atoms with Crippen molar-refractivity contribution in [1.82, 2.24) is 5.32 Å². The smallest absolute Gasteiger partial charge is 0.269 e. The van der Waals surface area contributed by atoms with Gasteiger partial charge in [0, 0.05) is 18.0 Å².